The molecule has 1 aromatic heterocycles. The third kappa shape index (κ3) is 5.28. The van der Waals surface area contributed by atoms with Crippen molar-refractivity contribution in [2.75, 3.05) is 20.8 Å². The summed E-state index contributed by atoms with van der Waals surface area (Å²) in [4.78, 5) is 26.2. The number of aromatic nitrogens is 2. The van der Waals surface area contributed by atoms with E-state index in [1.165, 1.54) is 10.8 Å². The summed E-state index contributed by atoms with van der Waals surface area (Å²) in [5, 5.41) is 0. The zero-order valence-corrected chi connectivity index (χ0v) is 18.6. The zero-order valence-electron chi connectivity index (χ0n) is 17.7. The zero-order chi connectivity index (χ0) is 21.0. The second-order valence-corrected chi connectivity index (χ2v) is 8.94. The molecule has 1 N–H and O–H groups in total. The number of aromatic amines is 1. The first-order valence-corrected chi connectivity index (χ1v) is 10.6. The highest BCUT2D eigenvalue weighted by atomic mass is 31.2. The van der Waals surface area contributed by atoms with E-state index in [4.69, 9.17) is 18.5 Å². The lowest BCUT2D eigenvalue weighted by Gasteiger charge is -2.36. The van der Waals surface area contributed by atoms with Crippen LogP contribution in [-0.4, -0.2) is 59.3 Å². The molecule has 2 heterocycles. The minimum absolute atomic E-state index is 0.245. The van der Waals surface area contributed by atoms with Gasteiger partial charge in [0.05, 0.1) is 12.7 Å². The Morgan fingerprint density at radius 2 is 1.93 bits per heavy atom. The molecule has 0 amide bonds. The maximum absolute atomic E-state index is 12.2. The molecule has 1 saturated heterocycles. The van der Waals surface area contributed by atoms with E-state index in [1.807, 2.05) is 0 Å². The number of hydrogen-bond acceptors (Lipinski definition) is 7. The van der Waals surface area contributed by atoms with E-state index in [9.17, 15) is 9.59 Å². The van der Waals surface area contributed by atoms with Gasteiger partial charge in [-0.1, -0.05) is 0 Å². The number of H-pyrrole nitrogens is 1. The standard InChI is InChI=1S/C18H32N3O6P/c1-11(2)21(12(3)4)28(25-7)27-14-8-16(26-15(14)10-24-6)20-9-13(5)17(22)19-18(20)23/h9,11-12,14-16H,8,10H2,1-7H3,(H,19,22,23)/t14?,15-,16?,28?/m1/s1. The Hall–Kier alpha value is -1.09. The monoisotopic (exact) mass is 417 g/mol. The van der Waals surface area contributed by atoms with Crippen LogP contribution in [0.4, 0.5) is 0 Å². The van der Waals surface area contributed by atoms with Gasteiger partial charge >= 0.3 is 5.69 Å². The third-order valence-electron chi connectivity index (χ3n) is 4.60. The molecule has 160 valence electrons. The maximum atomic E-state index is 12.2. The van der Waals surface area contributed by atoms with Crippen molar-refractivity contribution >= 4 is 8.53 Å². The second-order valence-electron chi connectivity index (χ2n) is 7.43. The predicted molar refractivity (Wildman–Crippen MR) is 107 cm³/mol. The fourth-order valence-electron chi connectivity index (χ4n) is 3.38. The maximum Gasteiger partial charge on any atom is 0.330 e. The summed E-state index contributed by atoms with van der Waals surface area (Å²) in [5.41, 5.74) is -0.453. The molecule has 9 nitrogen and oxygen atoms in total. The van der Waals surface area contributed by atoms with Crippen LogP contribution < -0.4 is 11.2 Å². The average molecular weight is 417 g/mol. The number of nitrogens with zero attached hydrogens (tertiary/aromatic N) is 2. The molecular weight excluding hydrogens is 385 g/mol. The molecule has 1 aliphatic rings. The molecule has 0 saturated carbocycles. The summed E-state index contributed by atoms with van der Waals surface area (Å²) in [6, 6.07) is 0.490. The number of aryl methyl sites for hydroxylation is 1. The summed E-state index contributed by atoms with van der Waals surface area (Å²) in [6.07, 6.45) is 0.760. The summed E-state index contributed by atoms with van der Waals surface area (Å²) in [7, 11) is 1.93. The van der Waals surface area contributed by atoms with Crippen molar-refractivity contribution < 1.29 is 18.5 Å². The first-order valence-electron chi connectivity index (χ1n) is 9.45. The lowest BCUT2D eigenvalue weighted by molar-refractivity contribution is -0.0524. The Balaban J connectivity index is 2.25. The Bertz CT molecular complexity index is 742. The van der Waals surface area contributed by atoms with Gasteiger partial charge in [-0.25, -0.2) is 9.46 Å². The minimum atomic E-state index is -1.30. The fraction of sp³-hybridized carbons (Fsp3) is 0.778. The normalized spacial score (nSPS) is 23.9. The van der Waals surface area contributed by atoms with Crippen molar-refractivity contribution in [3.05, 3.63) is 32.6 Å². The first kappa shape index (κ1) is 23.2. The van der Waals surface area contributed by atoms with Crippen molar-refractivity contribution in [3.63, 3.8) is 0 Å². The van der Waals surface area contributed by atoms with Gasteiger partial charge in [0.2, 0.25) is 0 Å². The van der Waals surface area contributed by atoms with Crippen LogP contribution in [0, 0.1) is 6.92 Å². The van der Waals surface area contributed by atoms with Crippen molar-refractivity contribution in [2.24, 2.45) is 0 Å². The quantitative estimate of drug-likeness (QED) is 0.615. The SMILES string of the molecule is COC[C@H]1OC(n2cc(C)c(=O)[nH]c2=O)CC1OP(OC)N(C(C)C)C(C)C. The molecule has 1 aliphatic heterocycles. The lowest BCUT2D eigenvalue weighted by atomic mass is 10.2. The Kier molecular flexibility index (Phi) is 8.36. The van der Waals surface area contributed by atoms with Crippen molar-refractivity contribution in [1.29, 1.82) is 0 Å². The molecular formula is C18H32N3O6P. The van der Waals surface area contributed by atoms with E-state index in [1.54, 1.807) is 21.1 Å². The van der Waals surface area contributed by atoms with Crippen LogP contribution in [0.5, 0.6) is 0 Å². The molecule has 28 heavy (non-hydrogen) atoms. The van der Waals surface area contributed by atoms with Crippen molar-refractivity contribution in [1.82, 2.24) is 14.2 Å². The third-order valence-corrected chi connectivity index (χ3v) is 6.66. The highest BCUT2D eigenvalue weighted by molar-refractivity contribution is 7.44. The van der Waals surface area contributed by atoms with E-state index < -0.39 is 26.0 Å². The number of hydrogen-bond donors (Lipinski definition) is 1. The first-order chi connectivity index (χ1) is 13.2. The van der Waals surface area contributed by atoms with Crippen molar-refractivity contribution in [2.45, 2.75) is 71.6 Å². The predicted octanol–water partition coefficient (Wildman–Crippen LogP) is 2.16. The van der Waals surface area contributed by atoms with Crippen LogP contribution in [0.15, 0.2) is 15.8 Å². The largest absolute Gasteiger partial charge is 0.382 e. The van der Waals surface area contributed by atoms with E-state index in [-0.39, 0.29) is 24.3 Å². The number of ether oxygens (including phenoxy) is 2. The number of rotatable bonds is 9. The second kappa shape index (κ2) is 10.1. The number of methoxy groups -OCH3 is 1. The highest BCUT2D eigenvalue weighted by Gasteiger charge is 2.41. The van der Waals surface area contributed by atoms with Gasteiger partial charge in [-0.2, -0.15) is 0 Å². The molecule has 1 fully saturated rings. The smallest absolute Gasteiger partial charge is 0.330 e. The highest BCUT2D eigenvalue weighted by Crippen LogP contribution is 2.49. The number of nitrogens with one attached hydrogen (secondary N) is 1. The molecule has 0 bridgehead atoms. The molecule has 0 spiro atoms. The van der Waals surface area contributed by atoms with Gasteiger partial charge in [0.1, 0.15) is 12.3 Å². The molecule has 4 atom stereocenters. The summed E-state index contributed by atoms with van der Waals surface area (Å²) < 4.78 is 26.9. The molecule has 0 aliphatic carbocycles. The average Bonchev–Trinajstić information content (AvgIpc) is 2.99. The Morgan fingerprint density at radius 3 is 2.46 bits per heavy atom. The molecule has 10 heteroatoms. The fourth-order valence-corrected chi connectivity index (χ4v) is 4.97. The van der Waals surface area contributed by atoms with Crippen LogP contribution in [0.2, 0.25) is 0 Å². The molecule has 0 radical (unpaired) electrons. The van der Waals surface area contributed by atoms with Gasteiger partial charge in [-0.3, -0.25) is 14.3 Å². The van der Waals surface area contributed by atoms with Gasteiger partial charge in [-0.15, -0.1) is 0 Å². The molecule has 0 aromatic carbocycles. The van der Waals surface area contributed by atoms with Gasteiger partial charge in [0.25, 0.3) is 14.1 Å². The lowest BCUT2D eigenvalue weighted by Crippen LogP contribution is -2.36. The van der Waals surface area contributed by atoms with Gasteiger partial charge in [0, 0.05) is 44.5 Å². The van der Waals surface area contributed by atoms with Gasteiger partial charge in [0.15, 0.2) is 0 Å². The van der Waals surface area contributed by atoms with Crippen LogP contribution >= 0.6 is 8.53 Å². The van der Waals surface area contributed by atoms with Crippen LogP contribution in [0.25, 0.3) is 0 Å². The van der Waals surface area contributed by atoms with Crippen molar-refractivity contribution in [3.8, 4) is 0 Å². The topological polar surface area (TPSA) is 95.0 Å². The summed E-state index contributed by atoms with van der Waals surface area (Å²) in [5.74, 6) is 0. The van der Waals surface area contributed by atoms with Gasteiger partial charge in [-0.05, 0) is 34.6 Å². The van der Waals surface area contributed by atoms with E-state index >= 15 is 0 Å². The summed E-state index contributed by atoms with van der Waals surface area (Å²) >= 11 is 0. The Morgan fingerprint density at radius 1 is 1.29 bits per heavy atom. The molecule has 3 unspecified atom stereocenters. The molecule has 1 aromatic rings. The van der Waals surface area contributed by atoms with Crippen LogP contribution in [0.3, 0.4) is 0 Å². The van der Waals surface area contributed by atoms with Gasteiger partial charge < -0.3 is 18.5 Å². The Labute approximate surface area is 166 Å². The van der Waals surface area contributed by atoms with E-state index in [0.29, 0.717) is 18.6 Å². The van der Waals surface area contributed by atoms with E-state index in [2.05, 4.69) is 37.3 Å². The van der Waals surface area contributed by atoms with Crippen LogP contribution in [-0.2, 0) is 18.5 Å². The van der Waals surface area contributed by atoms with E-state index in [0.717, 1.165) is 0 Å². The van der Waals surface area contributed by atoms with Crippen LogP contribution in [0.1, 0.15) is 45.9 Å². The minimum Gasteiger partial charge on any atom is -0.382 e. The molecule has 2 rings (SSSR count). The summed E-state index contributed by atoms with van der Waals surface area (Å²) in [6.45, 7) is 10.4.